The van der Waals surface area contributed by atoms with Crippen LogP contribution in [0.5, 0.6) is 5.75 Å². The number of imidazole rings is 1. The van der Waals surface area contributed by atoms with Crippen molar-refractivity contribution < 1.29 is 19.1 Å². The number of pyridine rings is 1. The Morgan fingerprint density at radius 1 is 0.955 bits per heavy atom. The summed E-state index contributed by atoms with van der Waals surface area (Å²) in [5, 5.41) is 3.23. The molecule has 0 saturated carbocycles. The van der Waals surface area contributed by atoms with Gasteiger partial charge >= 0.3 is 0 Å². The first-order valence-corrected chi connectivity index (χ1v) is 14.8. The number of hydrogen-bond donors (Lipinski definition) is 1. The Balaban J connectivity index is 1.24. The van der Waals surface area contributed by atoms with Gasteiger partial charge in [0, 0.05) is 30.1 Å². The Morgan fingerprint density at radius 2 is 1.66 bits per heavy atom. The lowest BCUT2D eigenvalue weighted by atomic mass is 10.0. The fourth-order valence-corrected chi connectivity index (χ4v) is 5.70. The van der Waals surface area contributed by atoms with E-state index in [9.17, 15) is 14.4 Å². The lowest BCUT2D eigenvalue weighted by Gasteiger charge is -2.27. The second-order valence-electron chi connectivity index (χ2n) is 11.2. The third kappa shape index (κ3) is 5.68. The van der Waals surface area contributed by atoms with E-state index in [4.69, 9.17) is 21.3 Å². The average Bonchev–Trinajstić information content (AvgIpc) is 3.56. The highest BCUT2D eigenvalue weighted by molar-refractivity contribution is 6.32. The summed E-state index contributed by atoms with van der Waals surface area (Å²) in [6.45, 7) is 5.87. The van der Waals surface area contributed by atoms with Crippen LogP contribution in [0.2, 0.25) is 5.02 Å². The second kappa shape index (κ2) is 12.0. The zero-order chi connectivity index (χ0) is 31.0. The number of rotatable bonds is 9. The van der Waals surface area contributed by atoms with Crippen molar-refractivity contribution in [3.8, 4) is 17.0 Å². The molecule has 0 saturated heterocycles. The summed E-state index contributed by atoms with van der Waals surface area (Å²) >= 11 is 6.36. The molecule has 9 heteroatoms. The SMILES string of the molecule is Cc1cccn2cc(-c3ccc(CC(CNC(=O)c4ccc(OC(C)C)c(Cl)c4)N4C(=O)c5ccccc5C4=O)cc3)nc12. The molecule has 3 amide bonds. The van der Waals surface area contributed by atoms with Gasteiger partial charge < -0.3 is 14.5 Å². The topological polar surface area (TPSA) is 93.0 Å². The van der Waals surface area contributed by atoms with Gasteiger partial charge in [0.1, 0.15) is 11.4 Å². The van der Waals surface area contributed by atoms with Gasteiger partial charge in [-0.3, -0.25) is 19.3 Å². The first-order valence-electron chi connectivity index (χ1n) is 14.4. The van der Waals surface area contributed by atoms with Crippen LogP contribution in [0.1, 0.15) is 56.0 Å². The molecule has 0 spiro atoms. The van der Waals surface area contributed by atoms with Crippen molar-refractivity contribution in [2.24, 2.45) is 0 Å². The first kappa shape index (κ1) is 29.1. The Labute approximate surface area is 260 Å². The molecule has 1 aliphatic heterocycles. The fraction of sp³-hybridized carbons (Fsp3) is 0.200. The largest absolute Gasteiger partial charge is 0.489 e. The highest BCUT2D eigenvalue weighted by atomic mass is 35.5. The molecule has 8 nitrogen and oxygen atoms in total. The number of aromatic nitrogens is 2. The maximum atomic E-state index is 13.4. The molecule has 0 radical (unpaired) electrons. The molecular formula is C35H31ClN4O4. The van der Waals surface area contributed by atoms with Crippen molar-refractivity contribution in [2.75, 3.05) is 6.54 Å². The van der Waals surface area contributed by atoms with E-state index in [0.717, 1.165) is 28.0 Å². The standard InChI is InChI=1S/C35H31ClN4O4/c1-21(2)44-31-15-14-25(18-29(31)36)33(41)37-19-26(40-34(42)27-8-4-5-9-28(27)35(40)43)17-23-10-12-24(13-11-23)30-20-39-16-6-7-22(3)32(39)38-30/h4-16,18,20-21,26H,17,19H2,1-3H3,(H,37,41). The van der Waals surface area contributed by atoms with Crippen LogP contribution in [0.25, 0.3) is 16.9 Å². The van der Waals surface area contributed by atoms with E-state index in [1.165, 1.54) is 4.90 Å². The molecule has 44 heavy (non-hydrogen) atoms. The molecule has 1 atom stereocenters. The van der Waals surface area contributed by atoms with Crippen molar-refractivity contribution >= 4 is 35.0 Å². The van der Waals surface area contributed by atoms with Gasteiger partial charge in [0.25, 0.3) is 17.7 Å². The summed E-state index contributed by atoms with van der Waals surface area (Å²) in [7, 11) is 0. The van der Waals surface area contributed by atoms with Crippen LogP contribution in [0.15, 0.2) is 91.3 Å². The van der Waals surface area contributed by atoms with E-state index in [0.29, 0.717) is 33.9 Å². The summed E-state index contributed by atoms with van der Waals surface area (Å²) < 4.78 is 7.67. The Kier molecular flexibility index (Phi) is 7.93. The van der Waals surface area contributed by atoms with Gasteiger partial charge in [-0.25, -0.2) is 4.98 Å². The normalized spacial score (nSPS) is 13.4. The number of aryl methyl sites for hydroxylation is 1. The summed E-state index contributed by atoms with van der Waals surface area (Å²) in [6.07, 6.45) is 4.24. The number of ether oxygens (including phenoxy) is 1. The Bertz CT molecular complexity index is 1860. The fourth-order valence-electron chi connectivity index (χ4n) is 5.47. The number of imide groups is 1. The minimum absolute atomic E-state index is 0.0552. The molecule has 1 N–H and O–H groups in total. The van der Waals surface area contributed by atoms with Gasteiger partial charge in [-0.15, -0.1) is 0 Å². The zero-order valence-electron chi connectivity index (χ0n) is 24.6. The van der Waals surface area contributed by atoms with Gasteiger partial charge in [-0.2, -0.15) is 0 Å². The summed E-state index contributed by atoms with van der Waals surface area (Å²) in [5.41, 5.74) is 5.75. The van der Waals surface area contributed by atoms with E-state index in [2.05, 4.69) is 5.32 Å². The van der Waals surface area contributed by atoms with E-state index in [-0.39, 0.29) is 30.4 Å². The average molecular weight is 607 g/mol. The molecular weight excluding hydrogens is 576 g/mol. The van der Waals surface area contributed by atoms with Crippen LogP contribution < -0.4 is 10.1 Å². The number of hydrogen-bond acceptors (Lipinski definition) is 5. The number of nitrogens with one attached hydrogen (secondary N) is 1. The highest BCUT2D eigenvalue weighted by Gasteiger charge is 2.39. The number of benzene rings is 3. The van der Waals surface area contributed by atoms with Gasteiger partial charge in [0.15, 0.2) is 0 Å². The number of fused-ring (bicyclic) bond motifs is 2. The maximum Gasteiger partial charge on any atom is 0.261 e. The number of carbonyl (C=O) groups is 3. The molecule has 5 aromatic rings. The van der Waals surface area contributed by atoms with Crippen molar-refractivity contribution in [1.29, 1.82) is 0 Å². The molecule has 0 fully saturated rings. The van der Waals surface area contributed by atoms with Crippen molar-refractivity contribution in [2.45, 2.75) is 39.3 Å². The third-order valence-corrected chi connectivity index (χ3v) is 7.94. The third-order valence-electron chi connectivity index (χ3n) is 7.64. The zero-order valence-corrected chi connectivity index (χ0v) is 25.3. The summed E-state index contributed by atoms with van der Waals surface area (Å²) in [6, 6.07) is 22.9. The summed E-state index contributed by atoms with van der Waals surface area (Å²) in [4.78, 5) is 46.1. The lowest BCUT2D eigenvalue weighted by Crippen LogP contribution is -2.48. The predicted octanol–water partition coefficient (Wildman–Crippen LogP) is 6.39. The van der Waals surface area contributed by atoms with Crippen LogP contribution in [-0.2, 0) is 6.42 Å². The minimum Gasteiger partial charge on any atom is -0.489 e. The van der Waals surface area contributed by atoms with Crippen LogP contribution in [0.4, 0.5) is 0 Å². The van der Waals surface area contributed by atoms with Crippen LogP contribution in [0.3, 0.4) is 0 Å². The minimum atomic E-state index is -0.630. The smallest absolute Gasteiger partial charge is 0.261 e. The Morgan fingerprint density at radius 3 is 2.30 bits per heavy atom. The predicted molar refractivity (Wildman–Crippen MR) is 169 cm³/mol. The number of carbonyl (C=O) groups excluding carboxylic acids is 3. The quantitative estimate of drug-likeness (QED) is 0.196. The van der Waals surface area contributed by atoms with Crippen molar-refractivity contribution in [1.82, 2.24) is 19.6 Å². The number of nitrogens with zero attached hydrogens (tertiary/aromatic N) is 3. The van der Waals surface area contributed by atoms with Crippen molar-refractivity contribution in [3.05, 3.63) is 124 Å². The second-order valence-corrected chi connectivity index (χ2v) is 11.6. The molecule has 222 valence electrons. The molecule has 6 rings (SSSR count). The van der Waals surface area contributed by atoms with E-state index >= 15 is 0 Å². The number of halogens is 1. The van der Waals surface area contributed by atoms with E-state index in [1.54, 1.807) is 42.5 Å². The molecule has 0 aliphatic carbocycles. The molecule has 1 aliphatic rings. The Hall–Kier alpha value is -4.95. The van der Waals surface area contributed by atoms with E-state index in [1.807, 2.05) is 74.0 Å². The maximum absolute atomic E-state index is 13.4. The monoisotopic (exact) mass is 606 g/mol. The van der Waals surface area contributed by atoms with Gasteiger partial charge in [-0.1, -0.05) is 54.1 Å². The molecule has 1 unspecified atom stereocenters. The molecule has 3 aromatic carbocycles. The van der Waals surface area contributed by atoms with Crippen LogP contribution in [0, 0.1) is 6.92 Å². The molecule has 3 heterocycles. The van der Waals surface area contributed by atoms with Crippen LogP contribution in [-0.4, -0.2) is 50.7 Å². The number of amides is 3. The van der Waals surface area contributed by atoms with Crippen molar-refractivity contribution in [3.63, 3.8) is 0 Å². The van der Waals surface area contributed by atoms with Gasteiger partial charge in [-0.05, 0) is 74.7 Å². The van der Waals surface area contributed by atoms with Gasteiger partial charge in [0.2, 0.25) is 0 Å². The first-order chi connectivity index (χ1) is 21.2. The van der Waals surface area contributed by atoms with Gasteiger partial charge in [0.05, 0.1) is 34.0 Å². The lowest BCUT2D eigenvalue weighted by molar-refractivity contribution is 0.0575. The molecule has 2 aromatic heterocycles. The summed E-state index contributed by atoms with van der Waals surface area (Å²) in [5.74, 6) is -0.633. The molecule has 0 bridgehead atoms. The van der Waals surface area contributed by atoms with E-state index < -0.39 is 6.04 Å². The highest BCUT2D eigenvalue weighted by Crippen LogP contribution is 2.28. The van der Waals surface area contributed by atoms with Crippen LogP contribution >= 0.6 is 11.6 Å².